The van der Waals surface area contributed by atoms with E-state index in [2.05, 4.69) is 10.2 Å². The summed E-state index contributed by atoms with van der Waals surface area (Å²) in [6.45, 7) is 4.15. The van der Waals surface area contributed by atoms with Gasteiger partial charge in [-0.3, -0.25) is 9.69 Å². The molecule has 0 radical (unpaired) electrons. The molecule has 2 aliphatic rings. The second-order valence-electron chi connectivity index (χ2n) is 6.24. The third-order valence-corrected chi connectivity index (χ3v) is 4.60. The number of nitrogens with one attached hydrogen (secondary N) is 1. The molecule has 0 unspecified atom stereocenters. The fourth-order valence-corrected chi connectivity index (χ4v) is 3.24. The number of urea groups is 1. The molecular formula is C17H24N4O3. The van der Waals surface area contributed by atoms with E-state index in [1.165, 1.54) is 0 Å². The zero-order valence-electron chi connectivity index (χ0n) is 13.7. The summed E-state index contributed by atoms with van der Waals surface area (Å²) in [4.78, 5) is 30.2. The predicted octanol–water partition coefficient (Wildman–Crippen LogP) is 0.111. The Morgan fingerprint density at radius 3 is 2.54 bits per heavy atom. The van der Waals surface area contributed by atoms with Crippen molar-refractivity contribution in [3.63, 3.8) is 0 Å². The van der Waals surface area contributed by atoms with E-state index in [4.69, 9.17) is 5.11 Å². The van der Waals surface area contributed by atoms with Crippen LogP contribution in [0, 0.1) is 0 Å². The van der Waals surface area contributed by atoms with Gasteiger partial charge in [0.2, 0.25) is 5.91 Å². The Labute approximate surface area is 141 Å². The van der Waals surface area contributed by atoms with Gasteiger partial charge in [0.15, 0.2) is 0 Å². The normalized spacial score (nSPS) is 22.0. The van der Waals surface area contributed by atoms with Crippen molar-refractivity contribution in [1.82, 2.24) is 15.1 Å². The molecule has 0 saturated carbocycles. The second-order valence-corrected chi connectivity index (χ2v) is 6.24. The van der Waals surface area contributed by atoms with Gasteiger partial charge in [-0.25, -0.2) is 4.79 Å². The van der Waals surface area contributed by atoms with Gasteiger partial charge in [-0.1, -0.05) is 18.2 Å². The monoisotopic (exact) mass is 332 g/mol. The van der Waals surface area contributed by atoms with Gasteiger partial charge in [-0.15, -0.1) is 0 Å². The van der Waals surface area contributed by atoms with E-state index >= 15 is 0 Å². The summed E-state index contributed by atoms with van der Waals surface area (Å²) >= 11 is 0. The fourth-order valence-electron chi connectivity index (χ4n) is 3.24. The Kier molecular flexibility index (Phi) is 5.32. The largest absolute Gasteiger partial charge is 0.395 e. The number of anilines is 1. The number of carbonyl (C=O) groups is 2. The van der Waals surface area contributed by atoms with Gasteiger partial charge in [0.1, 0.15) is 0 Å². The molecule has 0 aliphatic carbocycles. The minimum Gasteiger partial charge on any atom is -0.395 e. The lowest BCUT2D eigenvalue weighted by Gasteiger charge is -2.34. The first-order valence-electron chi connectivity index (χ1n) is 8.41. The summed E-state index contributed by atoms with van der Waals surface area (Å²) < 4.78 is 0. The highest BCUT2D eigenvalue weighted by Gasteiger charge is 2.32. The molecule has 2 N–H and O–H groups in total. The van der Waals surface area contributed by atoms with E-state index in [1.807, 2.05) is 30.3 Å². The van der Waals surface area contributed by atoms with Crippen molar-refractivity contribution in [2.75, 3.05) is 50.8 Å². The van der Waals surface area contributed by atoms with Crippen LogP contribution in [0.4, 0.5) is 10.5 Å². The van der Waals surface area contributed by atoms with Crippen molar-refractivity contribution in [3.05, 3.63) is 30.3 Å². The highest BCUT2D eigenvalue weighted by molar-refractivity contribution is 5.96. The Morgan fingerprint density at radius 2 is 1.88 bits per heavy atom. The van der Waals surface area contributed by atoms with Gasteiger partial charge in [0.05, 0.1) is 12.6 Å². The molecule has 0 aromatic heterocycles. The molecule has 2 saturated heterocycles. The van der Waals surface area contributed by atoms with Gasteiger partial charge >= 0.3 is 6.03 Å². The summed E-state index contributed by atoms with van der Waals surface area (Å²) in [7, 11) is 0. The number of carbonyl (C=O) groups excluding carboxylic acids is 2. The SMILES string of the molecule is O=C(N[C@H]1CC(=O)N(c2ccccc2)C1)N1CCN(CCO)CC1. The van der Waals surface area contributed by atoms with Crippen LogP contribution in [0.1, 0.15) is 6.42 Å². The zero-order chi connectivity index (χ0) is 16.9. The second kappa shape index (κ2) is 7.63. The quantitative estimate of drug-likeness (QED) is 0.821. The Bertz CT molecular complexity index is 572. The molecule has 1 aromatic carbocycles. The summed E-state index contributed by atoms with van der Waals surface area (Å²) in [5, 5.41) is 11.9. The van der Waals surface area contributed by atoms with Crippen molar-refractivity contribution in [3.8, 4) is 0 Å². The molecule has 3 rings (SSSR count). The summed E-state index contributed by atoms with van der Waals surface area (Å²) in [5.41, 5.74) is 0.872. The van der Waals surface area contributed by atoms with Crippen molar-refractivity contribution < 1.29 is 14.7 Å². The standard InChI is InChI=1S/C17H24N4O3/c22-11-10-19-6-8-20(9-7-19)17(24)18-14-12-16(23)21(13-14)15-4-2-1-3-5-15/h1-5,14,22H,6-13H2,(H,18,24)/t14-/m0/s1. The van der Waals surface area contributed by atoms with Crippen molar-refractivity contribution in [1.29, 1.82) is 0 Å². The first kappa shape index (κ1) is 16.7. The summed E-state index contributed by atoms with van der Waals surface area (Å²) in [6.07, 6.45) is 0.338. The number of rotatable bonds is 4. The smallest absolute Gasteiger partial charge is 0.317 e. The number of benzene rings is 1. The number of amides is 3. The number of nitrogens with zero attached hydrogens (tertiary/aromatic N) is 3. The molecule has 7 nitrogen and oxygen atoms in total. The maximum atomic E-state index is 12.4. The molecule has 0 bridgehead atoms. The van der Waals surface area contributed by atoms with E-state index in [9.17, 15) is 9.59 Å². The molecule has 24 heavy (non-hydrogen) atoms. The number of hydrogen-bond donors (Lipinski definition) is 2. The Hall–Kier alpha value is -2.12. The Balaban J connectivity index is 1.50. The third kappa shape index (κ3) is 3.85. The van der Waals surface area contributed by atoms with Crippen LogP contribution < -0.4 is 10.2 Å². The average molecular weight is 332 g/mol. The molecule has 3 amide bonds. The van der Waals surface area contributed by atoms with Gasteiger partial charge in [-0.05, 0) is 12.1 Å². The van der Waals surface area contributed by atoms with Crippen molar-refractivity contribution in [2.24, 2.45) is 0 Å². The lowest BCUT2D eigenvalue weighted by Crippen LogP contribution is -2.54. The first-order chi connectivity index (χ1) is 11.7. The Morgan fingerprint density at radius 1 is 1.17 bits per heavy atom. The number of aliphatic hydroxyl groups excluding tert-OH is 1. The summed E-state index contributed by atoms with van der Waals surface area (Å²) in [5.74, 6) is 0.0410. The van der Waals surface area contributed by atoms with Crippen LogP contribution in [-0.2, 0) is 4.79 Å². The van der Waals surface area contributed by atoms with Crippen LogP contribution in [0.25, 0.3) is 0 Å². The first-order valence-corrected chi connectivity index (χ1v) is 8.41. The molecule has 130 valence electrons. The maximum absolute atomic E-state index is 12.4. The third-order valence-electron chi connectivity index (χ3n) is 4.60. The van der Waals surface area contributed by atoms with Gasteiger partial charge in [-0.2, -0.15) is 0 Å². The van der Waals surface area contributed by atoms with E-state index < -0.39 is 0 Å². The number of para-hydroxylation sites is 1. The molecule has 1 atom stereocenters. The highest BCUT2D eigenvalue weighted by Crippen LogP contribution is 2.21. The van der Waals surface area contributed by atoms with Gasteiger partial charge < -0.3 is 20.2 Å². The minimum absolute atomic E-state index is 0.0410. The predicted molar refractivity (Wildman–Crippen MR) is 90.8 cm³/mol. The number of piperazine rings is 1. The zero-order valence-corrected chi connectivity index (χ0v) is 13.7. The van der Waals surface area contributed by atoms with E-state index in [0.29, 0.717) is 32.6 Å². The van der Waals surface area contributed by atoms with Crippen LogP contribution in [0.15, 0.2) is 30.3 Å². The summed E-state index contributed by atoms with van der Waals surface area (Å²) in [6, 6.07) is 9.28. The van der Waals surface area contributed by atoms with Crippen LogP contribution in [0.2, 0.25) is 0 Å². The minimum atomic E-state index is -0.152. The van der Waals surface area contributed by atoms with Crippen LogP contribution in [-0.4, -0.2) is 78.8 Å². The van der Waals surface area contributed by atoms with Gasteiger partial charge in [0, 0.05) is 51.4 Å². The topological polar surface area (TPSA) is 76.1 Å². The molecule has 1 aromatic rings. The number of aliphatic hydroxyl groups is 1. The highest BCUT2D eigenvalue weighted by atomic mass is 16.3. The number of hydrogen-bond acceptors (Lipinski definition) is 4. The maximum Gasteiger partial charge on any atom is 0.317 e. The van der Waals surface area contributed by atoms with Crippen LogP contribution in [0.3, 0.4) is 0 Å². The average Bonchev–Trinajstić information content (AvgIpc) is 2.97. The lowest BCUT2D eigenvalue weighted by molar-refractivity contribution is -0.117. The fraction of sp³-hybridized carbons (Fsp3) is 0.529. The number of β-amino-alcohol motifs (C(OH)–C–C–N with tert-alkyl or cyclic N) is 1. The molecule has 7 heteroatoms. The van der Waals surface area contributed by atoms with E-state index in [1.54, 1.807) is 9.80 Å². The molecule has 2 heterocycles. The lowest BCUT2D eigenvalue weighted by atomic mass is 10.2. The van der Waals surface area contributed by atoms with Crippen molar-refractivity contribution >= 4 is 17.6 Å². The van der Waals surface area contributed by atoms with E-state index in [0.717, 1.165) is 18.8 Å². The molecule has 2 aliphatic heterocycles. The molecular weight excluding hydrogens is 308 g/mol. The van der Waals surface area contributed by atoms with E-state index in [-0.39, 0.29) is 24.6 Å². The van der Waals surface area contributed by atoms with Gasteiger partial charge in [0.25, 0.3) is 0 Å². The molecule has 2 fully saturated rings. The van der Waals surface area contributed by atoms with Crippen molar-refractivity contribution in [2.45, 2.75) is 12.5 Å². The van der Waals surface area contributed by atoms with Crippen LogP contribution >= 0.6 is 0 Å². The van der Waals surface area contributed by atoms with Crippen LogP contribution in [0.5, 0.6) is 0 Å². The molecule has 0 spiro atoms.